The van der Waals surface area contributed by atoms with E-state index < -0.39 is 21.7 Å². The summed E-state index contributed by atoms with van der Waals surface area (Å²) in [5.74, 6) is -1.30. The van der Waals surface area contributed by atoms with Crippen LogP contribution >= 0.6 is 0 Å². The number of hydrogen-bond acceptors (Lipinski definition) is 6. The van der Waals surface area contributed by atoms with E-state index >= 15 is 0 Å². The highest BCUT2D eigenvalue weighted by Crippen LogP contribution is 2.18. The van der Waals surface area contributed by atoms with Gasteiger partial charge in [-0.05, 0) is 37.3 Å². The molecule has 2 aromatic rings. The van der Waals surface area contributed by atoms with Gasteiger partial charge < -0.3 is 14.6 Å². The van der Waals surface area contributed by atoms with Crippen LogP contribution in [0.4, 0.5) is 4.39 Å². The fourth-order valence-electron chi connectivity index (χ4n) is 2.07. The predicted octanol–water partition coefficient (Wildman–Crippen LogP) is 1.22. The van der Waals surface area contributed by atoms with Gasteiger partial charge in [0.15, 0.2) is 0 Å². The molecule has 10 heteroatoms. The van der Waals surface area contributed by atoms with Crippen molar-refractivity contribution in [2.24, 2.45) is 0 Å². The molecule has 0 fully saturated rings. The van der Waals surface area contributed by atoms with E-state index in [-0.39, 0.29) is 35.2 Å². The van der Waals surface area contributed by atoms with Crippen molar-refractivity contribution in [3.8, 4) is 11.5 Å². The molecule has 27 heavy (non-hydrogen) atoms. The SMILES string of the molecule is CCOc1ccc(F)c(C(=O)NNS(=O)(=O)c2cccc(OCCO)c2)c1. The van der Waals surface area contributed by atoms with Crippen LogP contribution in [0.3, 0.4) is 0 Å². The minimum Gasteiger partial charge on any atom is -0.494 e. The maximum atomic E-state index is 13.8. The highest BCUT2D eigenvalue weighted by molar-refractivity contribution is 7.89. The lowest BCUT2D eigenvalue weighted by atomic mass is 10.2. The molecule has 0 aliphatic rings. The molecule has 0 aliphatic carbocycles. The molecule has 1 amide bonds. The van der Waals surface area contributed by atoms with Crippen LogP contribution in [0.5, 0.6) is 11.5 Å². The highest BCUT2D eigenvalue weighted by Gasteiger charge is 2.18. The van der Waals surface area contributed by atoms with E-state index in [1.165, 1.54) is 36.4 Å². The first kappa shape index (κ1) is 20.6. The quantitative estimate of drug-likeness (QED) is 0.548. The maximum absolute atomic E-state index is 13.8. The van der Waals surface area contributed by atoms with Crippen molar-refractivity contribution in [1.82, 2.24) is 10.3 Å². The number of rotatable bonds is 9. The summed E-state index contributed by atoms with van der Waals surface area (Å²) in [4.78, 5) is 13.8. The Morgan fingerprint density at radius 3 is 2.59 bits per heavy atom. The van der Waals surface area contributed by atoms with Gasteiger partial charge in [-0.15, -0.1) is 4.83 Å². The van der Waals surface area contributed by atoms with E-state index in [0.717, 1.165) is 6.07 Å². The zero-order valence-corrected chi connectivity index (χ0v) is 15.3. The monoisotopic (exact) mass is 398 g/mol. The van der Waals surface area contributed by atoms with Crippen LogP contribution < -0.4 is 19.7 Å². The minimum absolute atomic E-state index is 0.00309. The largest absolute Gasteiger partial charge is 0.494 e. The van der Waals surface area contributed by atoms with Gasteiger partial charge in [0.25, 0.3) is 15.9 Å². The van der Waals surface area contributed by atoms with E-state index in [9.17, 15) is 17.6 Å². The molecule has 0 bridgehead atoms. The molecule has 0 heterocycles. The Bertz CT molecular complexity index is 904. The van der Waals surface area contributed by atoms with Gasteiger partial charge >= 0.3 is 0 Å². The molecular formula is C17H19FN2O6S. The van der Waals surface area contributed by atoms with Gasteiger partial charge in [0.2, 0.25) is 0 Å². The Hall–Kier alpha value is -2.69. The predicted molar refractivity (Wildman–Crippen MR) is 94.4 cm³/mol. The number of sulfonamides is 1. The van der Waals surface area contributed by atoms with Gasteiger partial charge in [-0.25, -0.2) is 12.8 Å². The summed E-state index contributed by atoms with van der Waals surface area (Å²) in [5.41, 5.74) is 1.59. The summed E-state index contributed by atoms with van der Waals surface area (Å²) in [5, 5.41) is 8.74. The fraction of sp³-hybridized carbons (Fsp3) is 0.235. The Morgan fingerprint density at radius 1 is 1.15 bits per heavy atom. The standard InChI is InChI=1S/C17H19FN2O6S/c1-2-25-13-6-7-16(18)15(11-13)17(22)19-20-27(23,24)14-5-3-4-12(10-14)26-9-8-21/h3-7,10-11,20-21H,2,8-9H2,1H3,(H,19,22). The normalized spacial score (nSPS) is 11.1. The molecule has 0 aromatic heterocycles. The summed E-state index contributed by atoms with van der Waals surface area (Å²) >= 11 is 0. The number of aliphatic hydroxyl groups excluding tert-OH is 1. The molecule has 0 aliphatic heterocycles. The number of halogens is 1. The number of amides is 1. The van der Waals surface area contributed by atoms with Crippen molar-refractivity contribution in [3.63, 3.8) is 0 Å². The topological polar surface area (TPSA) is 114 Å². The number of carbonyl (C=O) groups is 1. The molecule has 0 atom stereocenters. The van der Waals surface area contributed by atoms with Crippen LogP contribution in [0.15, 0.2) is 47.4 Å². The van der Waals surface area contributed by atoms with Crippen LogP contribution in [-0.4, -0.2) is 39.3 Å². The molecule has 0 saturated heterocycles. The van der Waals surface area contributed by atoms with Crippen molar-refractivity contribution in [2.45, 2.75) is 11.8 Å². The summed E-state index contributed by atoms with van der Waals surface area (Å²) in [6.45, 7) is 1.84. The third kappa shape index (κ3) is 5.64. The van der Waals surface area contributed by atoms with Crippen LogP contribution in [0, 0.1) is 5.82 Å². The molecule has 3 N–H and O–H groups in total. The zero-order valence-electron chi connectivity index (χ0n) is 14.4. The lowest BCUT2D eigenvalue weighted by Crippen LogP contribution is -2.41. The zero-order chi connectivity index (χ0) is 19.9. The van der Waals surface area contributed by atoms with Gasteiger partial charge in [0.1, 0.15) is 23.9 Å². The molecule has 0 spiro atoms. The summed E-state index contributed by atoms with van der Waals surface area (Å²) < 4.78 is 48.8. The number of benzene rings is 2. The number of hydrogen-bond donors (Lipinski definition) is 3. The van der Waals surface area contributed by atoms with E-state index in [1.807, 2.05) is 10.3 Å². The highest BCUT2D eigenvalue weighted by atomic mass is 32.2. The van der Waals surface area contributed by atoms with Crippen molar-refractivity contribution < 1.29 is 32.2 Å². The molecule has 0 unspecified atom stereocenters. The molecule has 146 valence electrons. The second kappa shape index (κ2) is 9.31. The first-order chi connectivity index (χ1) is 12.9. The number of aliphatic hydroxyl groups is 1. The smallest absolute Gasteiger partial charge is 0.269 e. The summed E-state index contributed by atoms with van der Waals surface area (Å²) in [6.07, 6.45) is 0. The Balaban J connectivity index is 2.11. The Labute approximate surface area is 155 Å². The third-order valence-corrected chi connectivity index (χ3v) is 4.51. The van der Waals surface area contributed by atoms with E-state index in [2.05, 4.69) is 0 Å². The Kier molecular flexibility index (Phi) is 7.11. The molecule has 8 nitrogen and oxygen atoms in total. The lowest BCUT2D eigenvalue weighted by molar-refractivity contribution is 0.0940. The summed E-state index contributed by atoms with van der Waals surface area (Å²) in [7, 11) is -4.12. The van der Waals surface area contributed by atoms with Gasteiger partial charge in [0, 0.05) is 6.07 Å². The van der Waals surface area contributed by atoms with Crippen LogP contribution in [0.25, 0.3) is 0 Å². The lowest BCUT2D eigenvalue weighted by Gasteiger charge is -2.11. The minimum atomic E-state index is -4.12. The van der Waals surface area contributed by atoms with Gasteiger partial charge in [-0.1, -0.05) is 6.07 Å². The van der Waals surface area contributed by atoms with Crippen LogP contribution in [0.2, 0.25) is 0 Å². The molecule has 2 aromatic carbocycles. The molecule has 2 rings (SSSR count). The first-order valence-electron chi connectivity index (χ1n) is 7.95. The van der Waals surface area contributed by atoms with E-state index in [4.69, 9.17) is 14.6 Å². The number of carbonyl (C=O) groups excluding carboxylic acids is 1. The Morgan fingerprint density at radius 2 is 1.89 bits per heavy atom. The van der Waals surface area contributed by atoms with Crippen molar-refractivity contribution in [1.29, 1.82) is 0 Å². The number of nitrogens with one attached hydrogen (secondary N) is 2. The first-order valence-corrected chi connectivity index (χ1v) is 9.44. The van der Waals surface area contributed by atoms with Crippen LogP contribution in [0.1, 0.15) is 17.3 Å². The molecule has 0 saturated carbocycles. The third-order valence-electron chi connectivity index (χ3n) is 3.27. The van der Waals surface area contributed by atoms with Crippen molar-refractivity contribution in [2.75, 3.05) is 19.8 Å². The van der Waals surface area contributed by atoms with Crippen molar-refractivity contribution in [3.05, 3.63) is 53.8 Å². The maximum Gasteiger partial charge on any atom is 0.269 e. The fourth-order valence-corrected chi connectivity index (χ4v) is 2.94. The number of ether oxygens (including phenoxy) is 2. The van der Waals surface area contributed by atoms with Crippen molar-refractivity contribution >= 4 is 15.9 Å². The average Bonchev–Trinajstić information content (AvgIpc) is 2.66. The summed E-state index contributed by atoms with van der Waals surface area (Å²) in [6, 6.07) is 9.05. The average molecular weight is 398 g/mol. The second-order valence-electron chi connectivity index (χ2n) is 5.18. The van der Waals surface area contributed by atoms with Gasteiger partial charge in [-0.3, -0.25) is 10.2 Å². The van der Waals surface area contributed by atoms with E-state index in [0.29, 0.717) is 6.61 Å². The van der Waals surface area contributed by atoms with Gasteiger partial charge in [0.05, 0.1) is 23.7 Å². The van der Waals surface area contributed by atoms with Crippen LogP contribution in [-0.2, 0) is 10.0 Å². The molecular weight excluding hydrogens is 379 g/mol. The van der Waals surface area contributed by atoms with Gasteiger partial charge in [-0.2, -0.15) is 0 Å². The molecule has 0 radical (unpaired) electrons. The second-order valence-corrected chi connectivity index (χ2v) is 6.86. The van der Waals surface area contributed by atoms with E-state index in [1.54, 1.807) is 6.92 Å². The number of hydrazine groups is 1.